The van der Waals surface area contributed by atoms with Gasteiger partial charge in [-0.25, -0.2) is 4.79 Å². The molecule has 0 N–H and O–H groups in total. The minimum atomic E-state index is -1.19. The number of methoxy groups -OCH3 is 1. The van der Waals surface area contributed by atoms with Crippen molar-refractivity contribution in [2.75, 3.05) is 7.11 Å². The number of carbonyl (C=O) groups excluding carboxylic acids is 1. The molecule has 0 aliphatic heterocycles. The van der Waals surface area contributed by atoms with Gasteiger partial charge in [-0.3, -0.25) is 4.94 Å². The predicted molar refractivity (Wildman–Crippen MR) is 65.4 cm³/mol. The van der Waals surface area contributed by atoms with E-state index in [0.29, 0.717) is 11.3 Å². The first-order chi connectivity index (χ1) is 8.53. The number of rotatable bonds is 4. The van der Waals surface area contributed by atoms with Crippen molar-refractivity contribution in [3.63, 3.8) is 0 Å². The Labute approximate surface area is 112 Å². The summed E-state index contributed by atoms with van der Waals surface area (Å²) in [6.07, 6.45) is 0.0521. The van der Waals surface area contributed by atoms with Crippen LogP contribution in [-0.2, 0) is 16.2 Å². The van der Waals surface area contributed by atoms with E-state index in [2.05, 4.69) is 20.9 Å². The monoisotopic (exact) mass is 315 g/mol. The van der Waals surface area contributed by atoms with Gasteiger partial charge in [-0.2, -0.15) is 5.26 Å². The van der Waals surface area contributed by atoms with E-state index in [4.69, 9.17) is 10.00 Å². The maximum atomic E-state index is 11.8. The van der Waals surface area contributed by atoms with Gasteiger partial charge in [-0.1, -0.05) is 15.9 Å². The lowest BCUT2D eigenvalue weighted by molar-refractivity contribution is -0.186. The van der Waals surface area contributed by atoms with Crippen LogP contribution >= 0.6 is 15.9 Å². The Kier molecular flexibility index (Phi) is 5.10. The number of nitriles is 1. The Hall–Kier alpha value is -1.61. The van der Waals surface area contributed by atoms with Gasteiger partial charge in [-0.15, -0.1) is 0 Å². The lowest BCUT2D eigenvalue weighted by Crippen LogP contribution is -2.16. The van der Waals surface area contributed by atoms with Gasteiger partial charge in [0, 0.05) is 15.4 Å². The third-order valence-electron chi connectivity index (χ3n) is 2.50. The SMILES string of the molecule is COc1cc(CC(C#N)C(=O)OF)c(Br)cc1C. The second-order valence-electron chi connectivity index (χ2n) is 3.70. The van der Waals surface area contributed by atoms with Crippen LogP contribution < -0.4 is 4.74 Å². The van der Waals surface area contributed by atoms with Gasteiger partial charge in [0.05, 0.1) is 13.2 Å². The van der Waals surface area contributed by atoms with E-state index in [1.165, 1.54) is 7.11 Å². The van der Waals surface area contributed by atoms with Crippen LogP contribution in [0.4, 0.5) is 4.53 Å². The number of benzene rings is 1. The molecule has 0 amide bonds. The minimum Gasteiger partial charge on any atom is -0.496 e. The van der Waals surface area contributed by atoms with E-state index in [9.17, 15) is 9.32 Å². The molecule has 4 nitrogen and oxygen atoms in total. The van der Waals surface area contributed by atoms with E-state index in [1.807, 2.05) is 13.0 Å². The van der Waals surface area contributed by atoms with Crippen molar-refractivity contribution in [3.8, 4) is 11.8 Å². The zero-order valence-corrected chi connectivity index (χ0v) is 11.5. The van der Waals surface area contributed by atoms with Crippen molar-refractivity contribution in [2.45, 2.75) is 13.3 Å². The van der Waals surface area contributed by atoms with Crippen LogP contribution in [0.2, 0.25) is 0 Å². The maximum Gasteiger partial charge on any atom is 0.366 e. The lowest BCUT2D eigenvalue weighted by atomic mass is 9.99. The summed E-state index contributed by atoms with van der Waals surface area (Å²) < 4.78 is 17.7. The highest BCUT2D eigenvalue weighted by Crippen LogP contribution is 2.28. The Balaban J connectivity index is 3.04. The molecule has 0 saturated heterocycles. The van der Waals surface area contributed by atoms with Crippen LogP contribution in [-0.4, -0.2) is 13.1 Å². The molecule has 1 aromatic carbocycles. The molecule has 1 atom stereocenters. The van der Waals surface area contributed by atoms with Gasteiger partial charge < -0.3 is 4.74 Å². The Morgan fingerprint density at radius 3 is 2.78 bits per heavy atom. The van der Waals surface area contributed by atoms with Gasteiger partial charge in [0.2, 0.25) is 0 Å². The van der Waals surface area contributed by atoms with Crippen LogP contribution in [0, 0.1) is 24.2 Å². The van der Waals surface area contributed by atoms with E-state index in [0.717, 1.165) is 10.0 Å². The summed E-state index contributed by atoms with van der Waals surface area (Å²) in [5.74, 6) is -1.74. The topological polar surface area (TPSA) is 59.3 Å². The van der Waals surface area contributed by atoms with Crippen LogP contribution in [0.1, 0.15) is 11.1 Å². The summed E-state index contributed by atoms with van der Waals surface area (Å²) >= 11 is 3.33. The second-order valence-corrected chi connectivity index (χ2v) is 4.55. The summed E-state index contributed by atoms with van der Waals surface area (Å²) in [6.45, 7) is 1.87. The van der Waals surface area contributed by atoms with Gasteiger partial charge >= 0.3 is 5.97 Å². The van der Waals surface area contributed by atoms with Crippen LogP contribution in [0.3, 0.4) is 0 Å². The standard InChI is InChI=1S/C12H11BrFNO3/c1-7-3-10(13)8(5-11(7)17-2)4-9(6-15)12(16)18-14/h3,5,9H,4H2,1-2H3. The number of nitrogens with zero attached hydrogens (tertiary/aromatic N) is 1. The van der Waals surface area contributed by atoms with Crippen molar-refractivity contribution in [3.05, 3.63) is 27.7 Å². The van der Waals surface area contributed by atoms with E-state index < -0.39 is 11.9 Å². The molecule has 1 aromatic rings. The van der Waals surface area contributed by atoms with Gasteiger partial charge in [0.15, 0.2) is 5.92 Å². The molecule has 0 spiro atoms. The number of ether oxygens (including phenoxy) is 1. The quantitative estimate of drug-likeness (QED) is 0.857. The minimum absolute atomic E-state index is 0.0521. The largest absolute Gasteiger partial charge is 0.496 e. The second kappa shape index (κ2) is 6.36. The maximum absolute atomic E-state index is 11.8. The highest BCUT2D eigenvalue weighted by Gasteiger charge is 2.22. The number of aryl methyl sites for hydroxylation is 1. The molecule has 0 saturated carbocycles. The molecular formula is C12H11BrFNO3. The molecule has 0 aliphatic carbocycles. The van der Waals surface area contributed by atoms with Gasteiger partial charge in [-0.05, 0) is 30.2 Å². The van der Waals surface area contributed by atoms with E-state index in [1.54, 1.807) is 12.1 Å². The Morgan fingerprint density at radius 2 is 2.28 bits per heavy atom. The zero-order valence-electron chi connectivity index (χ0n) is 9.87. The molecule has 6 heteroatoms. The van der Waals surface area contributed by atoms with Gasteiger partial charge in [0.1, 0.15) is 5.75 Å². The van der Waals surface area contributed by atoms with Crippen molar-refractivity contribution < 1.29 is 19.0 Å². The normalized spacial score (nSPS) is 11.5. The first-order valence-corrected chi connectivity index (χ1v) is 5.87. The fourth-order valence-electron chi connectivity index (χ4n) is 1.53. The van der Waals surface area contributed by atoms with Crippen LogP contribution in [0.5, 0.6) is 5.75 Å². The highest BCUT2D eigenvalue weighted by atomic mass is 79.9. The first kappa shape index (κ1) is 14.5. The Morgan fingerprint density at radius 1 is 1.61 bits per heavy atom. The molecule has 0 fully saturated rings. The third kappa shape index (κ3) is 3.20. The average Bonchev–Trinajstić information content (AvgIpc) is 2.37. The van der Waals surface area contributed by atoms with Crippen LogP contribution in [0.15, 0.2) is 16.6 Å². The predicted octanol–water partition coefficient (Wildman–Crippen LogP) is 2.88. The third-order valence-corrected chi connectivity index (χ3v) is 3.24. The lowest BCUT2D eigenvalue weighted by Gasteiger charge is -2.11. The molecule has 18 heavy (non-hydrogen) atoms. The number of carbonyl (C=O) groups is 1. The molecule has 0 aromatic heterocycles. The fourth-order valence-corrected chi connectivity index (χ4v) is 2.15. The Bertz CT molecular complexity index is 499. The van der Waals surface area contributed by atoms with Crippen molar-refractivity contribution in [1.82, 2.24) is 0 Å². The highest BCUT2D eigenvalue weighted by molar-refractivity contribution is 9.10. The van der Waals surface area contributed by atoms with Crippen LogP contribution in [0.25, 0.3) is 0 Å². The number of hydrogen-bond donors (Lipinski definition) is 0. The summed E-state index contributed by atoms with van der Waals surface area (Å²) in [5, 5.41) is 8.80. The summed E-state index contributed by atoms with van der Waals surface area (Å²) in [7, 11) is 1.53. The molecule has 1 unspecified atom stereocenters. The summed E-state index contributed by atoms with van der Waals surface area (Å²) in [6, 6.07) is 5.22. The zero-order chi connectivity index (χ0) is 13.7. The molecule has 0 heterocycles. The molecule has 0 bridgehead atoms. The first-order valence-electron chi connectivity index (χ1n) is 5.08. The molecular weight excluding hydrogens is 305 g/mol. The van der Waals surface area contributed by atoms with Crippen molar-refractivity contribution >= 4 is 21.9 Å². The molecule has 96 valence electrons. The average molecular weight is 316 g/mol. The number of halogens is 2. The summed E-state index contributed by atoms with van der Waals surface area (Å²) in [4.78, 5) is 14.1. The molecule has 0 radical (unpaired) electrons. The van der Waals surface area contributed by atoms with Crippen molar-refractivity contribution in [1.29, 1.82) is 5.26 Å². The van der Waals surface area contributed by atoms with Crippen molar-refractivity contribution in [2.24, 2.45) is 5.92 Å². The fraction of sp³-hybridized carbons (Fsp3) is 0.333. The smallest absolute Gasteiger partial charge is 0.366 e. The van der Waals surface area contributed by atoms with Gasteiger partial charge in [0.25, 0.3) is 0 Å². The number of hydrogen-bond acceptors (Lipinski definition) is 4. The van der Waals surface area contributed by atoms with E-state index in [-0.39, 0.29) is 6.42 Å². The summed E-state index contributed by atoms with van der Waals surface area (Å²) in [5.41, 5.74) is 1.59. The van der Waals surface area contributed by atoms with E-state index >= 15 is 0 Å². The molecule has 0 aliphatic rings. The molecule has 1 rings (SSSR count).